The summed E-state index contributed by atoms with van der Waals surface area (Å²) in [6, 6.07) is 5.17. The molecule has 6 heterocycles. The van der Waals surface area contributed by atoms with Gasteiger partial charge in [-0.25, -0.2) is 19.6 Å². The molecule has 56 heavy (non-hydrogen) atoms. The second-order valence-corrected chi connectivity index (χ2v) is 14.7. The zero-order chi connectivity index (χ0) is 39.7. The topological polar surface area (TPSA) is 219 Å². The van der Waals surface area contributed by atoms with E-state index < -0.39 is 24.3 Å². The lowest BCUT2D eigenvalue weighted by molar-refractivity contribution is -0.136. The van der Waals surface area contributed by atoms with Crippen LogP contribution in [-0.2, 0) is 19.1 Å². The summed E-state index contributed by atoms with van der Waals surface area (Å²) in [7, 11) is 2.54. The van der Waals surface area contributed by atoms with E-state index in [1.165, 1.54) is 14.2 Å². The van der Waals surface area contributed by atoms with E-state index in [9.17, 15) is 19.2 Å². The Hall–Kier alpha value is -6.20. The number of H-pyrrole nitrogens is 2. The summed E-state index contributed by atoms with van der Waals surface area (Å²) >= 11 is 0. The Labute approximate surface area is 323 Å². The lowest BCUT2D eigenvalue weighted by Gasteiger charge is -2.30. The molecule has 0 saturated carbocycles. The molecule has 4 atom stereocenters. The van der Waals surface area contributed by atoms with Crippen LogP contribution < -0.4 is 20.1 Å². The number of imidazole rings is 2. The number of nitrogens with zero attached hydrogens (tertiary/aromatic N) is 6. The van der Waals surface area contributed by atoms with E-state index in [0.29, 0.717) is 59.8 Å². The molecule has 296 valence electrons. The maximum absolute atomic E-state index is 13.6. The minimum absolute atomic E-state index is 0.137. The second-order valence-electron chi connectivity index (χ2n) is 14.7. The van der Waals surface area contributed by atoms with E-state index in [-0.39, 0.29) is 41.6 Å². The first kappa shape index (κ1) is 38.1. The van der Waals surface area contributed by atoms with Crippen LogP contribution in [0.2, 0.25) is 0 Å². The lowest BCUT2D eigenvalue weighted by Crippen LogP contribution is -2.51. The fraction of sp³-hybridized carbons (Fsp3) is 0.474. The predicted octanol–water partition coefficient (Wildman–Crippen LogP) is 5.24. The smallest absolute Gasteiger partial charge is 0.407 e. The van der Waals surface area contributed by atoms with Gasteiger partial charge in [-0.05, 0) is 55.7 Å². The average molecular weight is 771 g/mol. The highest BCUT2D eigenvalue weighted by Crippen LogP contribution is 2.46. The molecule has 2 saturated heterocycles. The van der Waals surface area contributed by atoms with Crippen molar-refractivity contribution < 1.29 is 38.1 Å². The molecular formula is C38H46N10O8. The number of hydrogen-bond donors (Lipinski definition) is 4. The number of nitrogens with one attached hydrogen (secondary N) is 4. The number of ether oxygens (including phenoxy) is 4. The minimum atomic E-state index is -0.737. The maximum atomic E-state index is 13.6. The van der Waals surface area contributed by atoms with Crippen molar-refractivity contribution in [1.82, 2.24) is 50.6 Å². The van der Waals surface area contributed by atoms with E-state index in [0.717, 1.165) is 30.5 Å². The molecule has 0 bridgehead atoms. The molecule has 3 aliphatic heterocycles. The number of aromatic amines is 2. The van der Waals surface area contributed by atoms with Crippen molar-refractivity contribution in [3.63, 3.8) is 0 Å². The van der Waals surface area contributed by atoms with Gasteiger partial charge in [-0.2, -0.15) is 0 Å². The Bertz CT molecular complexity index is 1970. The minimum Gasteiger partial charge on any atom is -0.453 e. The Balaban J connectivity index is 1.03. The molecule has 7 rings (SSSR count). The Morgan fingerprint density at radius 1 is 0.732 bits per heavy atom. The van der Waals surface area contributed by atoms with Gasteiger partial charge in [0.1, 0.15) is 29.4 Å². The maximum Gasteiger partial charge on any atom is 0.407 e. The molecule has 18 heteroatoms. The van der Waals surface area contributed by atoms with Gasteiger partial charge in [0.25, 0.3) is 5.88 Å². The number of methoxy groups -OCH3 is 2. The van der Waals surface area contributed by atoms with Crippen LogP contribution >= 0.6 is 0 Å². The van der Waals surface area contributed by atoms with Gasteiger partial charge in [0.2, 0.25) is 11.8 Å². The molecule has 2 fully saturated rings. The van der Waals surface area contributed by atoms with Gasteiger partial charge < -0.3 is 49.3 Å². The quantitative estimate of drug-likeness (QED) is 0.143. The third kappa shape index (κ3) is 7.54. The van der Waals surface area contributed by atoms with E-state index in [4.69, 9.17) is 18.9 Å². The first-order valence-corrected chi connectivity index (χ1v) is 18.7. The normalized spacial score (nSPS) is 18.4. The fourth-order valence-corrected chi connectivity index (χ4v) is 7.38. The van der Waals surface area contributed by atoms with Crippen LogP contribution in [0.1, 0.15) is 77.1 Å². The first-order chi connectivity index (χ1) is 26.9. The van der Waals surface area contributed by atoms with Crippen LogP contribution in [0.4, 0.5) is 9.59 Å². The summed E-state index contributed by atoms with van der Waals surface area (Å²) in [6.07, 6.45) is 5.09. The van der Waals surface area contributed by atoms with E-state index >= 15 is 0 Å². The van der Waals surface area contributed by atoms with Gasteiger partial charge in [0.05, 0.1) is 50.1 Å². The zero-order valence-corrected chi connectivity index (χ0v) is 32.1. The standard InChI is InChI=1S/C38H46N10O8/c1-19(2)30(43-37(51)53-5)35(49)47-13-7-9-25(47)32-39-17-23(41-32)21-11-12-27-28(15-21)56-34-29(55-27)16-22(45-46-34)24-18-40-33(42-24)26-10-8-14-48(26)36(50)31(20(3)4)44-38(52)54-6/h11-12,15-20,25-26,30-31H,7-10,13-14H2,1-6H3,(H,39,41)(H,40,42)(H,43,51)(H,44,52)/t25-,26-,30-,31-/m0/s1. The number of benzene rings is 1. The third-order valence-corrected chi connectivity index (χ3v) is 10.4. The molecule has 0 unspecified atom stereocenters. The van der Waals surface area contributed by atoms with Crippen molar-refractivity contribution in [3.05, 3.63) is 48.3 Å². The summed E-state index contributed by atoms with van der Waals surface area (Å²) in [4.78, 5) is 70.5. The summed E-state index contributed by atoms with van der Waals surface area (Å²) < 4.78 is 21.8. The summed E-state index contributed by atoms with van der Waals surface area (Å²) in [5.74, 6) is 2.07. The second kappa shape index (κ2) is 15.9. The fourth-order valence-electron chi connectivity index (χ4n) is 7.38. The lowest BCUT2D eigenvalue weighted by atomic mass is 10.0. The Morgan fingerprint density at radius 3 is 1.84 bits per heavy atom. The summed E-state index contributed by atoms with van der Waals surface area (Å²) in [5, 5.41) is 14.0. The predicted molar refractivity (Wildman–Crippen MR) is 199 cm³/mol. The monoisotopic (exact) mass is 770 g/mol. The van der Waals surface area contributed by atoms with E-state index in [1.807, 2.05) is 39.8 Å². The molecular weight excluding hydrogens is 724 g/mol. The van der Waals surface area contributed by atoms with Crippen molar-refractivity contribution in [1.29, 1.82) is 0 Å². The summed E-state index contributed by atoms with van der Waals surface area (Å²) in [5.41, 5.74) is 2.57. The molecule has 4 N–H and O–H groups in total. The first-order valence-electron chi connectivity index (χ1n) is 18.7. The van der Waals surface area contributed by atoms with E-state index in [1.54, 1.807) is 34.3 Å². The van der Waals surface area contributed by atoms with Crippen LogP contribution in [0.25, 0.3) is 22.6 Å². The number of alkyl carbamates (subject to hydrolysis) is 2. The molecule has 0 aliphatic carbocycles. The summed E-state index contributed by atoms with van der Waals surface area (Å²) in [6.45, 7) is 8.59. The number of carbonyl (C=O) groups excluding carboxylic acids is 4. The number of hydrogen-bond acceptors (Lipinski definition) is 12. The highest BCUT2D eigenvalue weighted by molar-refractivity contribution is 5.87. The van der Waals surface area contributed by atoms with Crippen molar-refractivity contribution >= 4 is 24.0 Å². The highest BCUT2D eigenvalue weighted by Gasteiger charge is 2.39. The number of fused-ring (bicyclic) bond motifs is 2. The molecule has 1 aromatic carbocycles. The number of aromatic nitrogens is 6. The van der Waals surface area contributed by atoms with Gasteiger partial charge in [0.15, 0.2) is 17.2 Å². The molecule has 0 spiro atoms. The van der Waals surface area contributed by atoms with Crippen molar-refractivity contribution in [3.8, 4) is 45.8 Å². The molecule has 4 aromatic rings. The Kier molecular flexibility index (Phi) is 10.8. The number of carbonyl (C=O) groups is 4. The van der Waals surface area contributed by atoms with Gasteiger partial charge in [0, 0.05) is 24.7 Å². The van der Waals surface area contributed by atoms with Crippen LogP contribution in [0.3, 0.4) is 0 Å². The Morgan fingerprint density at radius 2 is 1.29 bits per heavy atom. The van der Waals surface area contributed by atoms with Gasteiger partial charge in [-0.3, -0.25) is 9.59 Å². The van der Waals surface area contributed by atoms with Crippen LogP contribution in [0, 0.1) is 11.8 Å². The molecule has 18 nitrogen and oxygen atoms in total. The number of amides is 4. The van der Waals surface area contributed by atoms with Crippen molar-refractivity contribution in [2.75, 3.05) is 27.3 Å². The number of likely N-dealkylation sites (tertiary alicyclic amines) is 2. The SMILES string of the molecule is COC(=O)N[C@H](C(=O)N1CCC[C@H]1c1ncc(-c2ccc3c(c2)Oc2nnc(-c4cnc([C@@H]5CCCN5C(=O)[C@@H](NC(=O)OC)C(C)C)[nH]4)cc2O3)[nH]1)C(C)C. The largest absolute Gasteiger partial charge is 0.453 e. The third-order valence-electron chi connectivity index (χ3n) is 10.4. The molecule has 4 amide bonds. The van der Waals surface area contributed by atoms with Crippen LogP contribution in [0.15, 0.2) is 36.7 Å². The van der Waals surface area contributed by atoms with Crippen molar-refractivity contribution in [2.45, 2.75) is 77.5 Å². The van der Waals surface area contributed by atoms with Gasteiger partial charge >= 0.3 is 12.2 Å². The van der Waals surface area contributed by atoms with Gasteiger partial charge in [-0.15, -0.1) is 10.2 Å². The van der Waals surface area contributed by atoms with E-state index in [2.05, 4.69) is 40.8 Å². The van der Waals surface area contributed by atoms with Gasteiger partial charge in [-0.1, -0.05) is 27.7 Å². The molecule has 0 radical (unpaired) electrons. The van der Waals surface area contributed by atoms with Crippen LogP contribution in [-0.4, -0.2) is 103 Å². The highest BCUT2D eigenvalue weighted by atomic mass is 16.6. The molecule has 3 aromatic heterocycles. The molecule has 3 aliphatic rings. The average Bonchev–Trinajstić information content (AvgIpc) is 4.03. The number of rotatable bonds is 10. The van der Waals surface area contributed by atoms with Crippen molar-refractivity contribution in [2.24, 2.45) is 11.8 Å². The van der Waals surface area contributed by atoms with Crippen LogP contribution in [0.5, 0.6) is 23.1 Å². The zero-order valence-electron chi connectivity index (χ0n) is 32.1.